The highest BCUT2D eigenvalue weighted by Crippen LogP contribution is 2.25. The second-order valence-electron chi connectivity index (χ2n) is 4.40. The molecule has 1 amide bonds. The van der Waals surface area contributed by atoms with Crippen molar-refractivity contribution < 1.29 is 13.2 Å². The number of carbonyl (C=O) groups excluding carboxylic acids is 1. The Bertz CT molecular complexity index is 584. The van der Waals surface area contributed by atoms with Crippen molar-refractivity contribution >= 4 is 21.6 Å². The second kappa shape index (κ2) is 5.68. The Balaban J connectivity index is 2.09. The Labute approximate surface area is 112 Å². The molecule has 0 fully saturated rings. The first kappa shape index (κ1) is 14.0. The van der Waals surface area contributed by atoms with Crippen molar-refractivity contribution in [1.29, 1.82) is 0 Å². The lowest BCUT2D eigenvalue weighted by Crippen LogP contribution is -2.26. The first-order valence-corrected chi connectivity index (χ1v) is 7.58. The Hall–Kier alpha value is -1.44. The van der Waals surface area contributed by atoms with Crippen LogP contribution in [-0.2, 0) is 21.2 Å². The van der Waals surface area contributed by atoms with E-state index >= 15 is 0 Å². The lowest BCUT2D eigenvalue weighted by atomic mass is 10.2. The quantitative estimate of drug-likeness (QED) is 0.645. The molecule has 3 N–H and O–H groups in total. The molecule has 1 aliphatic rings. The zero-order chi connectivity index (χ0) is 13.9. The van der Waals surface area contributed by atoms with Crippen LogP contribution < -0.4 is 15.4 Å². The van der Waals surface area contributed by atoms with E-state index in [1.165, 1.54) is 6.07 Å². The summed E-state index contributed by atoms with van der Waals surface area (Å²) in [4.78, 5) is 11.4. The molecule has 0 aliphatic carbocycles. The number of hydrogen-bond donors (Lipinski definition) is 3. The number of carbonyl (C=O) groups is 1. The van der Waals surface area contributed by atoms with E-state index in [0.717, 1.165) is 18.5 Å². The molecule has 2 rings (SSSR count). The molecule has 7 heteroatoms. The molecule has 0 saturated carbocycles. The molecule has 0 atom stereocenters. The fourth-order valence-corrected chi connectivity index (χ4v) is 3.05. The van der Waals surface area contributed by atoms with Gasteiger partial charge in [0.1, 0.15) is 0 Å². The third-order valence-electron chi connectivity index (χ3n) is 2.91. The summed E-state index contributed by atoms with van der Waals surface area (Å²) in [5.41, 5.74) is 1.42. The van der Waals surface area contributed by atoms with Crippen molar-refractivity contribution in [2.45, 2.75) is 17.7 Å². The highest BCUT2D eigenvalue weighted by atomic mass is 32.2. The van der Waals surface area contributed by atoms with Crippen LogP contribution in [0.5, 0.6) is 0 Å². The van der Waals surface area contributed by atoms with Crippen molar-refractivity contribution in [3.8, 4) is 0 Å². The largest absolute Gasteiger partial charge is 0.326 e. The minimum Gasteiger partial charge on any atom is -0.326 e. The molecule has 0 spiro atoms. The monoisotopic (exact) mass is 283 g/mol. The predicted molar refractivity (Wildman–Crippen MR) is 72.5 cm³/mol. The molecule has 0 bridgehead atoms. The van der Waals surface area contributed by atoms with Gasteiger partial charge in [0.15, 0.2) is 0 Å². The molecular weight excluding hydrogens is 266 g/mol. The average Bonchev–Trinajstić information content (AvgIpc) is 2.73. The van der Waals surface area contributed by atoms with Gasteiger partial charge in [-0.2, -0.15) is 0 Å². The topological polar surface area (TPSA) is 87.3 Å². The minimum absolute atomic E-state index is 0.105. The van der Waals surface area contributed by atoms with Gasteiger partial charge in [-0.15, -0.1) is 0 Å². The lowest BCUT2D eigenvalue weighted by Gasteiger charge is -2.08. The molecule has 0 radical (unpaired) electrons. The van der Waals surface area contributed by atoms with Gasteiger partial charge < -0.3 is 10.6 Å². The second-order valence-corrected chi connectivity index (χ2v) is 6.17. The fraction of sp³-hybridized carbons (Fsp3) is 0.417. The van der Waals surface area contributed by atoms with Crippen molar-refractivity contribution in [3.05, 3.63) is 23.8 Å². The normalized spacial score (nSPS) is 14.3. The van der Waals surface area contributed by atoms with Gasteiger partial charge >= 0.3 is 0 Å². The molecule has 1 heterocycles. The van der Waals surface area contributed by atoms with E-state index in [1.807, 2.05) is 7.05 Å². The molecule has 1 aliphatic heterocycles. The molecule has 104 valence electrons. The SMILES string of the molecule is CNCCCNS(=O)(=O)c1ccc2c(c1)CC(=O)N2. The van der Waals surface area contributed by atoms with Crippen LogP contribution in [0.25, 0.3) is 0 Å². The molecule has 6 nitrogen and oxygen atoms in total. The summed E-state index contributed by atoms with van der Waals surface area (Å²) < 4.78 is 26.6. The average molecular weight is 283 g/mol. The summed E-state index contributed by atoms with van der Waals surface area (Å²) in [6, 6.07) is 4.68. The van der Waals surface area contributed by atoms with Gasteiger partial charge in [0, 0.05) is 12.2 Å². The summed E-state index contributed by atoms with van der Waals surface area (Å²) in [6.45, 7) is 1.14. The number of hydrogen-bond acceptors (Lipinski definition) is 4. The molecule has 0 saturated heterocycles. The Morgan fingerprint density at radius 1 is 1.32 bits per heavy atom. The summed E-state index contributed by atoms with van der Waals surface area (Å²) >= 11 is 0. The van der Waals surface area contributed by atoms with E-state index < -0.39 is 10.0 Å². The molecule has 0 aromatic heterocycles. The maximum atomic E-state index is 12.0. The number of nitrogens with one attached hydrogen (secondary N) is 3. The van der Waals surface area contributed by atoms with E-state index in [-0.39, 0.29) is 17.2 Å². The number of benzene rings is 1. The third kappa shape index (κ3) is 3.31. The summed E-state index contributed by atoms with van der Waals surface area (Å²) in [5.74, 6) is -0.105. The maximum Gasteiger partial charge on any atom is 0.240 e. The van der Waals surface area contributed by atoms with E-state index in [4.69, 9.17) is 0 Å². The molecule has 1 aromatic rings. The number of anilines is 1. The van der Waals surface area contributed by atoms with E-state index in [1.54, 1.807) is 12.1 Å². The van der Waals surface area contributed by atoms with Gasteiger partial charge in [-0.05, 0) is 43.8 Å². The predicted octanol–water partition coefficient (Wildman–Crippen LogP) is 0.0690. The molecular formula is C12H17N3O3S. The highest BCUT2D eigenvalue weighted by molar-refractivity contribution is 7.89. The van der Waals surface area contributed by atoms with Crippen LogP contribution in [0, 0.1) is 0 Å². The first-order chi connectivity index (χ1) is 9.03. The number of sulfonamides is 1. The van der Waals surface area contributed by atoms with Crippen molar-refractivity contribution in [2.24, 2.45) is 0 Å². The van der Waals surface area contributed by atoms with E-state index in [9.17, 15) is 13.2 Å². The molecule has 1 aromatic carbocycles. The zero-order valence-electron chi connectivity index (χ0n) is 10.7. The van der Waals surface area contributed by atoms with Crippen LogP contribution in [-0.4, -0.2) is 34.5 Å². The van der Waals surface area contributed by atoms with Crippen LogP contribution in [0.1, 0.15) is 12.0 Å². The van der Waals surface area contributed by atoms with Crippen LogP contribution in [0.3, 0.4) is 0 Å². The number of rotatable bonds is 6. The van der Waals surface area contributed by atoms with Crippen molar-refractivity contribution in [1.82, 2.24) is 10.0 Å². The molecule has 0 unspecified atom stereocenters. The van der Waals surface area contributed by atoms with Gasteiger partial charge in [-0.1, -0.05) is 0 Å². The van der Waals surface area contributed by atoms with Crippen LogP contribution in [0.4, 0.5) is 5.69 Å². The smallest absolute Gasteiger partial charge is 0.240 e. The van der Waals surface area contributed by atoms with Gasteiger partial charge in [-0.25, -0.2) is 13.1 Å². The summed E-state index contributed by atoms with van der Waals surface area (Å²) in [7, 11) is -1.68. The Kier molecular flexibility index (Phi) is 4.18. The van der Waals surface area contributed by atoms with Crippen molar-refractivity contribution in [2.75, 3.05) is 25.5 Å². The Morgan fingerprint density at radius 2 is 2.11 bits per heavy atom. The van der Waals surface area contributed by atoms with Crippen LogP contribution >= 0.6 is 0 Å². The van der Waals surface area contributed by atoms with Gasteiger partial charge in [-0.3, -0.25) is 4.79 Å². The maximum absolute atomic E-state index is 12.0. The summed E-state index contributed by atoms with van der Waals surface area (Å²) in [6.07, 6.45) is 0.958. The van der Waals surface area contributed by atoms with Crippen LogP contribution in [0.15, 0.2) is 23.1 Å². The Morgan fingerprint density at radius 3 is 2.84 bits per heavy atom. The summed E-state index contributed by atoms with van der Waals surface area (Å²) in [5, 5.41) is 5.63. The van der Waals surface area contributed by atoms with E-state index in [2.05, 4.69) is 15.4 Å². The van der Waals surface area contributed by atoms with Gasteiger partial charge in [0.05, 0.1) is 11.3 Å². The van der Waals surface area contributed by atoms with E-state index in [0.29, 0.717) is 12.2 Å². The van der Waals surface area contributed by atoms with Gasteiger partial charge in [0.2, 0.25) is 15.9 Å². The zero-order valence-corrected chi connectivity index (χ0v) is 11.5. The number of fused-ring (bicyclic) bond motifs is 1. The highest BCUT2D eigenvalue weighted by Gasteiger charge is 2.21. The van der Waals surface area contributed by atoms with Crippen molar-refractivity contribution in [3.63, 3.8) is 0 Å². The standard InChI is InChI=1S/C12H17N3O3S/c1-13-5-2-6-14-19(17,18)10-3-4-11-9(7-10)8-12(16)15-11/h3-4,7,13-14H,2,5-6,8H2,1H3,(H,15,16). The molecule has 19 heavy (non-hydrogen) atoms. The van der Waals surface area contributed by atoms with Crippen LogP contribution in [0.2, 0.25) is 0 Å². The third-order valence-corrected chi connectivity index (χ3v) is 4.37. The lowest BCUT2D eigenvalue weighted by molar-refractivity contribution is -0.115. The first-order valence-electron chi connectivity index (χ1n) is 6.10. The fourth-order valence-electron chi connectivity index (χ4n) is 1.93. The van der Waals surface area contributed by atoms with Gasteiger partial charge in [0.25, 0.3) is 0 Å². The minimum atomic E-state index is -3.50. The number of amides is 1.